The van der Waals surface area contributed by atoms with Gasteiger partial charge in [0.05, 0.1) is 10.4 Å². The SMILES string of the molecule is CC[C@H](C)Nc1nc2c(S(=O)(=O)c3c(C)cc(C)cc3C)nnn2c2ccccc12. The molecule has 1 atom stereocenters. The van der Waals surface area contributed by atoms with Crippen LogP contribution in [0.3, 0.4) is 0 Å². The third-order valence-electron chi connectivity index (χ3n) is 5.35. The molecule has 0 bridgehead atoms. The molecule has 0 saturated carbocycles. The van der Waals surface area contributed by atoms with Crippen LogP contribution in [-0.2, 0) is 9.84 Å². The summed E-state index contributed by atoms with van der Waals surface area (Å²) in [6, 6.07) is 11.6. The lowest BCUT2D eigenvalue weighted by Crippen LogP contribution is -2.16. The summed E-state index contributed by atoms with van der Waals surface area (Å²) >= 11 is 0. The summed E-state index contributed by atoms with van der Waals surface area (Å²) in [6.07, 6.45) is 0.908. The van der Waals surface area contributed by atoms with Crippen LogP contribution in [0.25, 0.3) is 16.6 Å². The van der Waals surface area contributed by atoms with Crippen LogP contribution in [0.4, 0.5) is 5.82 Å². The third-order valence-corrected chi connectivity index (χ3v) is 7.30. The highest BCUT2D eigenvalue weighted by Crippen LogP contribution is 2.31. The molecule has 0 aliphatic carbocycles. The molecular weight excluding hydrogens is 398 g/mol. The average molecular weight is 424 g/mol. The number of rotatable bonds is 5. The molecule has 0 aliphatic rings. The van der Waals surface area contributed by atoms with Gasteiger partial charge in [-0.15, -0.1) is 5.10 Å². The molecule has 2 aromatic heterocycles. The minimum Gasteiger partial charge on any atom is -0.367 e. The largest absolute Gasteiger partial charge is 0.367 e. The van der Waals surface area contributed by atoms with Gasteiger partial charge in [-0.1, -0.05) is 42.0 Å². The van der Waals surface area contributed by atoms with Gasteiger partial charge in [0.1, 0.15) is 5.82 Å². The van der Waals surface area contributed by atoms with Gasteiger partial charge < -0.3 is 5.32 Å². The van der Waals surface area contributed by atoms with Gasteiger partial charge in [0.25, 0.3) is 0 Å². The van der Waals surface area contributed by atoms with Crippen LogP contribution in [0, 0.1) is 20.8 Å². The molecule has 0 aliphatic heterocycles. The highest BCUT2D eigenvalue weighted by atomic mass is 32.2. The van der Waals surface area contributed by atoms with Gasteiger partial charge in [-0.05, 0) is 57.4 Å². The summed E-state index contributed by atoms with van der Waals surface area (Å²) in [6.45, 7) is 9.70. The molecular formula is C22H25N5O2S. The summed E-state index contributed by atoms with van der Waals surface area (Å²) in [7, 11) is -3.90. The first kappa shape index (κ1) is 20.3. The van der Waals surface area contributed by atoms with Crippen LogP contribution in [0.2, 0.25) is 0 Å². The van der Waals surface area contributed by atoms with Crippen molar-refractivity contribution in [2.24, 2.45) is 0 Å². The van der Waals surface area contributed by atoms with Crippen molar-refractivity contribution in [2.45, 2.75) is 57.0 Å². The van der Waals surface area contributed by atoms with E-state index in [4.69, 9.17) is 0 Å². The molecule has 0 saturated heterocycles. The first-order valence-electron chi connectivity index (χ1n) is 9.97. The molecule has 0 radical (unpaired) electrons. The fourth-order valence-electron chi connectivity index (χ4n) is 3.85. The van der Waals surface area contributed by atoms with Gasteiger partial charge in [-0.25, -0.2) is 13.4 Å². The number of nitrogens with zero attached hydrogens (tertiary/aromatic N) is 4. The van der Waals surface area contributed by atoms with Crippen LogP contribution >= 0.6 is 0 Å². The van der Waals surface area contributed by atoms with E-state index >= 15 is 0 Å². The van der Waals surface area contributed by atoms with Crippen molar-refractivity contribution in [3.05, 3.63) is 53.1 Å². The number of anilines is 1. The monoisotopic (exact) mass is 423 g/mol. The van der Waals surface area contributed by atoms with Gasteiger partial charge in [0.2, 0.25) is 14.9 Å². The zero-order chi connectivity index (χ0) is 21.6. The lowest BCUT2D eigenvalue weighted by molar-refractivity contribution is 0.591. The Hall–Kier alpha value is -3.00. The Balaban J connectivity index is 2.02. The van der Waals surface area contributed by atoms with Crippen LogP contribution in [0.5, 0.6) is 0 Å². The molecule has 0 amide bonds. The van der Waals surface area contributed by atoms with Crippen molar-refractivity contribution in [3.63, 3.8) is 0 Å². The Bertz CT molecular complexity index is 1350. The first-order valence-corrected chi connectivity index (χ1v) is 11.5. The maximum Gasteiger partial charge on any atom is 0.230 e. The summed E-state index contributed by atoms with van der Waals surface area (Å²) in [5.74, 6) is 0.628. The minimum atomic E-state index is -3.90. The molecule has 0 unspecified atom stereocenters. The highest BCUT2D eigenvalue weighted by molar-refractivity contribution is 7.91. The number of benzene rings is 2. The average Bonchev–Trinajstić information content (AvgIpc) is 3.12. The van der Waals surface area contributed by atoms with Crippen molar-refractivity contribution < 1.29 is 8.42 Å². The van der Waals surface area contributed by atoms with E-state index in [-0.39, 0.29) is 21.6 Å². The first-order chi connectivity index (χ1) is 14.2. The highest BCUT2D eigenvalue weighted by Gasteiger charge is 2.30. The smallest absolute Gasteiger partial charge is 0.230 e. The van der Waals surface area contributed by atoms with Crippen molar-refractivity contribution in [1.82, 2.24) is 19.8 Å². The molecule has 4 rings (SSSR count). The molecule has 156 valence electrons. The van der Waals surface area contributed by atoms with E-state index in [1.165, 1.54) is 4.52 Å². The molecule has 4 aromatic rings. The molecule has 0 spiro atoms. The van der Waals surface area contributed by atoms with Crippen molar-refractivity contribution in [2.75, 3.05) is 5.32 Å². The van der Waals surface area contributed by atoms with E-state index in [2.05, 4.69) is 34.5 Å². The van der Waals surface area contributed by atoms with E-state index < -0.39 is 9.84 Å². The van der Waals surface area contributed by atoms with Crippen molar-refractivity contribution in [1.29, 1.82) is 0 Å². The number of hydrogen-bond acceptors (Lipinski definition) is 6. The lowest BCUT2D eigenvalue weighted by Gasteiger charge is -2.15. The Morgan fingerprint density at radius 2 is 1.77 bits per heavy atom. The number of aryl methyl sites for hydroxylation is 3. The summed E-state index contributed by atoms with van der Waals surface area (Å²) < 4.78 is 28.7. The Labute approximate surface area is 176 Å². The summed E-state index contributed by atoms with van der Waals surface area (Å²) in [5, 5.41) is 12.4. The number of sulfone groups is 1. The van der Waals surface area contributed by atoms with Gasteiger partial charge in [0, 0.05) is 11.4 Å². The number of fused-ring (bicyclic) bond motifs is 3. The van der Waals surface area contributed by atoms with Gasteiger partial charge in [-0.2, -0.15) is 4.52 Å². The Morgan fingerprint density at radius 3 is 2.43 bits per heavy atom. The lowest BCUT2D eigenvalue weighted by atomic mass is 10.1. The van der Waals surface area contributed by atoms with Crippen molar-refractivity contribution in [3.8, 4) is 0 Å². The summed E-state index contributed by atoms with van der Waals surface area (Å²) in [4.78, 5) is 4.93. The molecule has 30 heavy (non-hydrogen) atoms. The van der Waals surface area contributed by atoms with Crippen molar-refractivity contribution >= 4 is 32.2 Å². The minimum absolute atomic E-state index is 0.129. The van der Waals surface area contributed by atoms with E-state index in [1.807, 2.05) is 43.3 Å². The fourth-order valence-corrected chi connectivity index (χ4v) is 5.53. The second kappa shape index (κ2) is 7.36. The zero-order valence-corrected chi connectivity index (χ0v) is 18.6. The van der Waals surface area contributed by atoms with Gasteiger partial charge >= 0.3 is 0 Å². The van der Waals surface area contributed by atoms with Crippen LogP contribution in [-0.4, -0.2) is 34.3 Å². The predicted molar refractivity (Wildman–Crippen MR) is 118 cm³/mol. The van der Waals surface area contributed by atoms with E-state index in [0.29, 0.717) is 16.9 Å². The predicted octanol–water partition coefficient (Wildman–Crippen LogP) is 4.25. The second-order valence-corrected chi connectivity index (χ2v) is 9.59. The number of para-hydroxylation sites is 1. The molecule has 2 aromatic carbocycles. The fraction of sp³-hybridized carbons (Fsp3) is 0.318. The molecule has 7 nitrogen and oxygen atoms in total. The van der Waals surface area contributed by atoms with Gasteiger partial charge in [0.15, 0.2) is 5.65 Å². The molecule has 2 heterocycles. The number of nitrogens with one attached hydrogen (secondary N) is 1. The zero-order valence-electron chi connectivity index (χ0n) is 17.8. The maximum absolute atomic E-state index is 13.6. The second-order valence-electron chi connectivity index (χ2n) is 7.79. The van der Waals surface area contributed by atoms with Crippen LogP contribution < -0.4 is 5.32 Å². The van der Waals surface area contributed by atoms with Crippen LogP contribution in [0.15, 0.2) is 46.3 Å². The molecule has 1 N–H and O–H groups in total. The summed E-state index contributed by atoms with van der Waals surface area (Å²) in [5.41, 5.74) is 3.36. The topological polar surface area (TPSA) is 89.2 Å². The maximum atomic E-state index is 13.6. The quantitative estimate of drug-likeness (QED) is 0.516. The third kappa shape index (κ3) is 3.21. The van der Waals surface area contributed by atoms with Crippen LogP contribution in [0.1, 0.15) is 37.0 Å². The Kier molecular flexibility index (Phi) is 4.97. The molecule has 8 heteroatoms. The van der Waals surface area contributed by atoms with E-state index in [1.54, 1.807) is 13.8 Å². The van der Waals surface area contributed by atoms with Gasteiger partial charge in [-0.3, -0.25) is 0 Å². The van der Waals surface area contributed by atoms with E-state index in [0.717, 1.165) is 22.9 Å². The normalized spacial score (nSPS) is 13.1. The molecule has 0 fully saturated rings. The number of aromatic nitrogens is 4. The Morgan fingerprint density at radius 1 is 1.10 bits per heavy atom. The van der Waals surface area contributed by atoms with E-state index in [9.17, 15) is 8.42 Å². The number of hydrogen-bond donors (Lipinski definition) is 1. The standard InChI is InChI=1S/C22H25N5O2S/c1-6-16(5)23-20-17-9-7-8-10-18(17)27-21(24-20)22(25-26-27)30(28,29)19-14(3)11-13(2)12-15(19)4/h7-12,16H,6H2,1-5H3,(H,23,24)/t16-/m0/s1.